The van der Waals surface area contributed by atoms with Gasteiger partial charge in [-0.05, 0) is 75.6 Å². The van der Waals surface area contributed by atoms with Crippen LogP contribution in [-0.2, 0) is 16.0 Å². The van der Waals surface area contributed by atoms with E-state index in [1.54, 1.807) is 52.0 Å². The standard InChI is InChI=1S/C25H25ClN2O4/c1-6-14-7-9-16(31-20-13-27-19-11-15(26)8-10-18(19)28-20)12-17(14)21-22(29)24(2,3)32-25(4,5)23(21)30/h7-13,29H,6H2,1-5H3. The van der Waals surface area contributed by atoms with Gasteiger partial charge in [0, 0.05) is 5.02 Å². The summed E-state index contributed by atoms with van der Waals surface area (Å²) in [6.45, 7) is 8.93. The number of benzene rings is 2. The van der Waals surface area contributed by atoms with Crippen molar-refractivity contribution in [3.63, 3.8) is 0 Å². The number of aromatic nitrogens is 2. The number of aliphatic hydroxyl groups excluding tert-OH is 1. The molecule has 0 atom stereocenters. The molecule has 0 aliphatic carbocycles. The Morgan fingerprint density at radius 2 is 1.81 bits per heavy atom. The van der Waals surface area contributed by atoms with E-state index in [-0.39, 0.29) is 17.1 Å². The molecule has 0 saturated heterocycles. The molecule has 0 spiro atoms. The fraction of sp³-hybridized carbons (Fsp3) is 0.320. The largest absolute Gasteiger partial charge is 0.508 e. The first kappa shape index (κ1) is 22.2. The second kappa shape index (κ2) is 7.87. The van der Waals surface area contributed by atoms with Gasteiger partial charge in [-0.25, -0.2) is 9.97 Å². The smallest absolute Gasteiger partial charge is 0.238 e. The Hall–Kier alpha value is -2.96. The summed E-state index contributed by atoms with van der Waals surface area (Å²) in [4.78, 5) is 22.1. The molecule has 166 valence electrons. The molecule has 1 aliphatic rings. The van der Waals surface area contributed by atoms with Gasteiger partial charge < -0.3 is 14.6 Å². The molecule has 0 saturated carbocycles. The molecule has 7 heteroatoms. The number of hydrogen-bond donors (Lipinski definition) is 1. The van der Waals surface area contributed by atoms with E-state index in [0.717, 1.165) is 5.56 Å². The fourth-order valence-corrected chi connectivity index (χ4v) is 4.16. The summed E-state index contributed by atoms with van der Waals surface area (Å²) in [5.41, 5.74) is 1.04. The molecule has 2 heterocycles. The number of rotatable bonds is 4. The van der Waals surface area contributed by atoms with Gasteiger partial charge in [-0.1, -0.05) is 24.6 Å². The van der Waals surface area contributed by atoms with Crippen molar-refractivity contribution in [2.24, 2.45) is 0 Å². The summed E-state index contributed by atoms with van der Waals surface area (Å²) in [6, 6.07) is 10.7. The van der Waals surface area contributed by atoms with E-state index in [0.29, 0.717) is 39.7 Å². The van der Waals surface area contributed by atoms with Crippen molar-refractivity contribution in [1.29, 1.82) is 0 Å². The van der Waals surface area contributed by atoms with Gasteiger partial charge in [0.2, 0.25) is 5.88 Å². The Morgan fingerprint density at radius 1 is 1.06 bits per heavy atom. The van der Waals surface area contributed by atoms with E-state index in [2.05, 4.69) is 9.97 Å². The molecule has 0 radical (unpaired) electrons. The van der Waals surface area contributed by atoms with Crippen molar-refractivity contribution in [2.75, 3.05) is 0 Å². The van der Waals surface area contributed by atoms with Crippen molar-refractivity contribution in [1.82, 2.24) is 9.97 Å². The van der Waals surface area contributed by atoms with Gasteiger partial charge in [0.1, 0.15) is 22.7 Å². The summed E-state index contributed by atoms with van der Waals surface area (Å²) in [5, 5.41) is 11.5. The highest BCUT2D eigenvalue weighted by Gasteiger charge is 2.47. The molecule has 6 nitrogen and oxygen atoms in total. The summed E-state index contributed by atoms with van der Waals surface area (Å²) >= 11 is 6.01. The molecule has 3 aromatic rings. The van der Waals surface area contributed by atoms with Crippen LogP contribution in [0.2, 0.25) is 5.02 Å². The monoisotopic (exact) mass is 452 g/mol. The third kappa shape index (κ3) is 3.96. The molecule has 0 unspecified atom stereocenters. The maximum Gasteiger partial charge on any atom is 0.238 e. The highest BCUT2D eigenvalue weighted by molar-refractivity contribution is 6.31. The van der Waals surface area contributed by atoms with Crippen molar-refractivity contribution in [2.45, 2.75) is 52.2 Å². The van der Waals surface area contributed by atoms with Crippen LogP contribution in [0.15, 0.2) is 48.4 Å². The Labute approximate surface area is 191 Å². The van der Waals surface area contributed by atoms with Gasteiger partial charge >= 0.3 is 0 Å². The predicted octanol–water partition coefficient (Wildman–Crippen LogP) is 6.06. The number of carbonyl (C=O) groups excluding carboxylic acids is 1. The van der Waals surface area contributed by atoms with Crippen LogP contribution in [0.5, 0.6) is 11.6 Å². The zero-order valence-corrected chi connectivity index (χ0v) is 19.4. The lowest BCUT2D eigenvalue weighted by Crippen LogP contribution is -2.49. The zero-order chi connectivity index (χ0) is 23.3. The van der Waals surface area contributed by atoms with Crippen molar-refractivity contribution in [3.8, 4) is 11.6 Å². The van der Waals surface area contributed by atoms with Crippen molar-refractivity contribution < 1.29 is 19.4 Å². The molecule has 0 fully saturated rings. The summed E-state index contributed by atoms with van der Waals surface area (Å²) in [5.74, 6) is 0.432. The Morgan fingerprint density at radius 3 is 2.53 bits per heavy atom. The molecule has 2 aromatic carbocycles. The van der Waals surface area contributed by atoms with E-state index < -0.39 is 11.2 Å². The lowest BCUT2D eigenvalue weighted by Gasteiger charge is -2.40. The number of fused-ring (bicyclic) bond motifs is 1. The third-order valence-electron chi connectivity index (χ3n) is 5.53. The highest BCUT2D eigenvalue weighted by atomic mass is 35.5. The van der Waals surface area contributed by atoms with Crippen LogP contribution in [0.3, 0.4) is 0 Å². The average molecular weight is 453 g/mol. The van der Waals surface area contributed by atoms with E-state index in [9.17, 15) is 9.90 Å². The molecule has 1 aromatic heterocycles. The Kier molecular flexibility index (Phi) is 5.47. The minimum atomic E-state index is -1.07. The number of ether oxygens (including phenoxy) is 2. The number of Topliss-reactive ketones (excluding diaryl/α,β-unsaturated/α-hetero) is 1. The first-order valence-corrected chi connectivity index (χ1v) is 10.8. The van der Waals surface area contributed by atoms with E-state index in [1.165, 1.54) is 6.20 Å². The number of carbonyl (C=O) groups is 1. The van der Waals surface area contributed by atoms with Crippen LogP contribution in [0.4, 0.5) is 0 Å². The van der Waals surface area contributed by atoms with Crippen LogP contribution >= 0.6 is 11.6 Å². The highest BCUT2D eigenvalue weighted by Crippen LogP contribution is 2.41. The molecule has 0 bridgehead atoms. The van der Waals surface area contributed by atoms with Crippen LogP contribution in [0.25, 0.3) is 16.6 Å². The first-order chi connectivity index (χ1) is 15.0. The number of nitrogens with zero attached hydrogens (tertiary/aromatic N) is 2. The Bertz CT molecular complexity index is 1260. The second-order valence-electron chi connectivity index (χ2n) is 8.79. The van der Waals surface area contributed by atoms with E-state index in [4.69, 9.17) is 21.1 Å². The normalized spacial score (nSPS) is 17.6. The molecular formula is C25H25ClN2O4. The quantitative estimate of drug-likeness (QED) is 0.517. The first-order valence-electron chi connectivity index (χ1n) is 10.4. The van der Waals surface area contributed by atoms with Crippen molar-refractivity contribution >= 4 is 34.0 Å². The topological polar surface area (TPSA) is 81.5 Å². The van der Waals surface area contributed by atoms with Crippen LogP contribution in [0.1, 0.15) is 45.7 Å². The number of hydrogen-bond acceptors (Lipinski definition) is 6. The molecule has 32 heavy (non-hydrogen) atoms. The number of halogens is 1. The number of aliphatic hydroxyl groups is 1. The third-order valence-corrected chi connectivity index (χ3v) is 5.76. The summed E-state index contributed by atoms with van der Waals surface area (Å²) in [7, 11) is 0. The minimum absolute atomic E-state index is 0.0870. The molecule has 1 N–H and O–H groups in total. The van der Waals surface area contributed by atoms with E-state index in [1.807, 2.05) is 19.1 Å². The van der Waals surface area contributed by atoms with Gasteiger partial charge in [0.25, 0.3) is 0 Å². The SMILES string of the molecule is CCc1ccc(Oc2cnc3cc(Cl)ccc3n2)cc1C1=C(O)C(C)(C)OC(C)(C)C1=O. The van der Waals surface area contributed by atoms with Gasteiger partial charge in [0.15, 0.2) is 5.78 Å². The molecule has 0 amide bonds. The van der Waals surface area contributed by atoms with E-state index >= 15 is 0 Å². The van der Waals surface area contributed by atoms with Crippen LogP contribution in [0, 0.1) is 0 Å². The second-order valence-corrected chi connectivity index (χ2v) is 9.23. The number of ketones is 1. The van der Waals surface area contributed by atoms with Crippen molar-refractivity contribution in [3.05, 3.63) is 64.5 Å². The van der Waals surface area contributed by atoms with Gasteiger partial charge in [-0.2, -0.15) is 0 Å². The van der Waals surface area contributed by atoms with Gasteiger partial charge in [0.05, 0.1) is 22.8 Å². The lowest BCUT2D eigenvalue weighted by atomic mass is 9.81. The molecule has 1 aliphatic heterocycles. The van der Waals surface area contributed by atoms with Crippen LogP contribution < -0.4 is 4.74 Å². The number of aryl methyl sites for hydroxylation is 1. The average Bonchev–Trinajstić information content (AvgIpc) is 2.72. The molecular weight excluding hydrogens is 428 g/mol. The van der Waals surface area contributed by atoms with Crippen LogP contribution in [-0.4, -0.2) is 32.1 Å². The fourth-order valence-electron chi connectivity index (χ4n) is 3.99. The predicted molar refractivity (Wildman–Crippen MR) is 124 cm³/mol. The lowest BCUT2D eigenvalue weighted by molar-refractivity contribution is -0.158. The maximum absolute atomic E-state index is 13.2. The Balaban J connectivity index is 1.78. The molecule has 4 rings (SSSR count). The van der Waals surface area contributed by atoms with Gasteiger partial charge in [-0.15, -0.1) is 0 Å². The summed E-state index contributed by atoms with van der Waals surface area (Å²) < 4.78 is 11.8. The zero-order valence-electron chi connectivity index (χ0n) is 18.7. The minimum Gasteiger partial charge on any atom is -0.508 e. The van der Waals surface area contributed by atoms with Gasteiger partial charge in [-0.3, -0.25) is 4.79 Å². The summed E-state index contributed by atoms with van der Waals surface area (Å²) in [6.07, 6.45) is 2.20. The maximum atomic E-state index is 13.2.